The van der Waals surface area contributed by atoms with Gasteiger partial charge in [-0.05, 0) is 19.9 Å². The molecule has 0 bridgehead atoms. The van der Waals surface area contributed by atoms with Gasteiger partial charge in [-0.2, -0.15) is 0 Å². The topological polar surface area (TPSA) is 46.2 Å². The zero-order valence-electron chi connectivity index (χ0n) is 7.81. The molecule has 0 aliphatic carbocycles. The van der Waals surface area contributed by atoms with Gasteiger partial charge in [-0.3, -0.25) is 9.59 Å². The highest BCUT2D eigenvalue weighted by Crippen LogP contribution is 1.96. The minimum absolute atomic E-state index is 0.0126. The average molecular weight is 169 g/mol. The van der Waals surface area contributed by atoms with Crippen LogP contribution in [0.3, 0.4) is 0 Å². The maximum Gasteiger partial charge on any atom is 0.220 e. The molecular formula is C9H15NO2. The SMILES string of the molecule is CNC(=O)CCC(=O)C=C(C)C. The smallest absolute Gasteiger partial charge is 0.220 e. The molecule has 0 fully saturated rings. The summed E-state index contributed by atoms with van der Waals surface area (Å²) in [5, 5.41) is 2.46. The minimum atomic E-state index is -0.0921. The van der Waals surface area contributed by atoms with Gasteiger partial charge in [0, 0.05) is 19.9 Å². The lowest BCUT2D eigenvalue weighted by atomic mass is 10.1. The first-order valence-corrected chi connectivity index (χ1v) is 3.94. The van der Waals surface area contributed by atoms with Crippen LogP contribution in [-0.2, 0) is 9.59 Å². The Bertz CT molecular complexity index is 203. The van der Waals surface area contributed by atoms with E-state index in [0.717, 1.165) is 5.57 Å². The van der Waals surface area contributed by atoms with Gasteiger partial charge in [0.15, 0.2) is 5.78 Å². The molecule has 1 N–H and O–H groups in total. The molecule has 0 rings (SSSR count). The van der Waals surface area contributed by atoms with E-state index in [2.05, 4.69) is 5.32 Å². The second-order valence-corrected chi connectivity index (χ2v) is 2.86. The third-order valence-electron chi connectivity index (χ3n) is 1.33. The quantitative estimate of drug-likeness (QED) is 0.639. The molecule has 3 heteroatoms. The average Bonchev–Trinajstić information content (AvgIpc) is 1.99. The Labute approximate surface area is 72.8 Å². The molecule has 68 valence electrons. The summed E-state index contributed by atoms with van der Waals surface area (Å²) >= 11 is 0. The Kier molecular flexibility index (Phi) is 5.00. The van der Waals surface area contributed by atoms with Crippen molar-refractivity contribution in [1.29, 1.82) is 0 Å². The van der Waals surface area contributed by atoms with Crippen molar-refractivity contribution in [1.82, 2.24) is 5.32 Å². The molecule has 0 aromatic rings. The van der Waals surface area contributed by atoms with Crippen LogP contribution in [0.15, 0.2) is 11.6 Å². The first-order chi connectivity index (χ1) is 5.56. The molecule has 0 unspecified atom stereocenters. The van der Waals surface area contributed by atoms with E-state index in [1.54, 1.807) is 13.1 Å². The van der Waals surface area contributed by atoms with Crippen LogP contribution < -0.4 is 5.32 Å². The van der Waals surface area contributed by atoms with E-state index in [1.165, 1.54) is 0 Å². The van der Waals surface area contributed by atoms with Gasteiger partial charge in [0.25, 0.3) is 0 Å². The van der Waals surface area contributed by atoms with Crippen LogP contribution in [0.1, 0.15) is 26.7 Å². The summed E-state index contributed by atoms with van der Waals surface area (Å²) in [6, 6.07) is 0. The van der Waals surface area contributed by atoms with Crippen LogP contribution in [0.4, 0.5) is 0 Å². The lowest BCUT2D eigenvalue weighted by molar-refractivity contribution is -0.123. The summed E-state index contributed by atoms with van der Waals surface area (Å²) in [4.78, 5) is 21.7. The fourth-order valence-corrected chi connectivity index (χ4v) is 0.756. The van der Waals surface area contributed by atoms with Gasteiger partial charge >= 0.3 is 0 Å². The van der Waals surface area contributed by atoms with Crippen LogP contribution >= 0.6 is 0 Å². The summed E-state index contributed by atoms with van der Waals surface area (Å²) in [5.41, 5.74) is 0.969. The highest BCUT2D eigenvalue weighted by Gasteiger charge is 2.01. The van der Waals surface area contributed by atoms with Crippen molar-refractivity contribution in [3.8, 4) is 0 Å². The summed E-state index contributed by atoms with van der Waals surface area (Å²) in [6.07, 6.45) is 2.13. The normalized spacial score (nSPS) is 8.92. The monoisotopic (exact) mass is 169 g/mol. The summed E-state index contributed by atoms with van der Waals surface area (Å²) in [5.74, 6) is -0.0795. The van der Waals surface area contributed by atoms with Crippen LogP contribution in [-0.4, -0.2) is 18.7 Å². The zero-order chi connectivity index (χ0) is 9.56. The summed E-state index contributed by atoms with van der Waals surface area (Å²) in [6.45, 7) is 3.72. The third kappa shape index (κ3) is 5.65. The van der Waals surface area contributed by atoms with Crippen LogP contribution in [0, 0.1) is 0 Å². The Balaban J connectivity index is 3.73. The molecule has 0 aliphatic rings. The molecule has 0 aromatic heterocycles. The first-order valence-electron chi connectivity index (χ1n) is 3.94. The molecule has 0 aromatic carbocycles. The van der Waals surface area contributed by atoms with Crippen molar-refractivity contribution in [2.45, 2.75) is 26.7 Å². The molecule has 0 radical (unpaired) electrons. The number of carbonyl (C=O) groups is 2. The van der Waals surface area contributed by atoms with Crippen LogP contribution in [0.5, 0.6) is 0 Å². The van der Waals surface area contributed by atoms with Gasteiger partial charge in [-0.25, -0.2) is 0 Å². The number of hydrogen-bond donors (Lipinski definition) is 1. The van der Waals surface area contributed by atoms with Crippen molar-refractivity contribution in [3.05, 3.63) is 11.6 Å². The number of hydrogen-bond acceptors (Lipinski definition) is 2. The van der Waals surface area contributed by atoms with E-state index in [-0.39, 0.29) is 18.1 Å². The highest BCUT2D eigenvalue weighted by atomic mass is 16.1. The van der Waals surface area contributed by atoms with E-state index in [1.807, 2.05) is 13.8 Å². The molecule has 0 aliphatic heterocycles. The van der Waals surface area contributed by atoms with Gasteiger partial charge in [0.2, 0.25) is 5.91 Å². The number of amides is 1. The molecular weight excluding hydrogens is 154 g/mol. The third-order valence-corrected chi connectivity index (χ3v) is 1.33. The van der Waals surface area contributed by atoms with Gasteiger partial charge < -0.3 is 5.32 Å². The maximum absolute atomic E-state index is 11.0. The lowest BCUT2D eigenvalue weighted by Crippen LogP contribution is -2.18. The number of allylic oxidation sites excluding steroid dienone is 2. The van der Waals surface area contributed by atoms with E-state index in [9.17, 15) is 9.59 Å². The summed E-state index contributed by atoms with van der Waals surface area (Å²) < 4.78 is 0. The second-order valence-electron chi connectivity index (χ2n) is 2.86. The molecule has 0 saturated heterocycles. The Hall–Kier alpha value is -1.12. The van der Waals surface area contributed by atoms with Gasteiger partial charge in [-0.1, -0.05) is 5.57 Å². The fourth-order valence-electron chi connectivity index (χ4n) is 0.756. The van der Waals surface area contributed by atoms with Crippen molar-refractivity contribution in [2.24, 2.45) is 0 Å². The Morgan fingerprint density at radius 2 is 1.83 bits per heavy atom. The minimum Gasteiger partial charge on any atom is -0.359 e. The van der Waals surface area contributed by atoms with E-state index >= 15 is 0 Å². The number of nitrogens with one attached hydrogen (secondary N) is 1. The Morgan fingerprint density at radius 3 is 2.25 bits per heavy atom. The molecule has 0 atom stereocenters. The predicted molar refractivity (Wildman–Crippen MR) is 47.7 cm³/mol. The number of carbonyl (C=O) groups excluding carboxylic acids is 2. The van der Waals surface area contributed by atoms with E-state index in [4.69, 9.17) is 0 Å². The van der Waals surface area contributed by atoms with Crippen molar-refractivity contribution >= 4 is 11.7 Å². The second kappa shape index (κ2) is 5.52. The van der Waals surface area contributed by atoms with E-state index < -0.39 is 0 Å². The van der Waals surface area contributed by atoms with Crippen molar-refractivity contribution in [2.75, 3.05) is 7.05 Å². The van der Waals surface area contributed by atoms with Crippen molar-refractivity contribution in [3.63, 3.8) is 0 Å². The van der Waals surface area contributed by atoms with Crippen molar-refractivity contribution < 1.29 is 9.59 Å². The van der Waals surface area contributed by atoms with E-state index in [0.29, 0.717) is 6.42 Å². The fraction of sp³-hybridized carbons (Fsp3) is 0.556. The van der Waals surface area contributed by atoms with Crippen LogP contribution in [0.25, 0.3) is 0 Å². The Morgan fingerprint density at radius 1 is 1.25 bits per heavy atom. The predicted octanol–water partition coefficient (Wildman–Crippen LogP) is 1.05. The molecule has 0 heterocycles. The molecule has 1 amide bonds. The summed E-state index contributed by atoms with van der Waals surface area (Å²) in [7, 11) is 1.56. The van der Waals surface area contributed by atoms with Crippen LogP contribution in [0.2, 0.25) is 0 Å². The lowest BCUT2D eigenvalue weighted by Gasteiger charge is -1.96. The number of rotatable bonds is 4. The largest absolute Gasteiger partial charge is 0.359 e. The van der Waals surface area contributed by atoms with Gasteiger partial charge in [0.1, 0.15) is 0 Å². The zero-order valence-corrected chi connectivity index (χ0v) is 7.81. The molecule has 12 heavy (non-hydrogen) atoms. The van der Waals surface area contributed by atoms with Gasteiger partial charge in [-0.15, -0.1) is 0 Å². The molecule has 0 saturated carbocycles. The molecule has 3 nitrogen and oxygen atoms in total. The number of ketones is 1. The standard InChI is InChI=1S/C9H15NO2/c1-7(2)6-8(11)4-5-9(12)10-3/h6H,4-5H2,1-3H3,(H,10,12). The van der Waals surface area contributed by atoms with Gasteiger partial charge in [0.05, 0.1) is 0 Å². The maximum atomic E-state index is 11.0. The molecule has 0 spiro atoms. The first kappa shape index (κ1) is 10.9. The highest BCUT2D eigenvalue weighted by molar-refractivity contribution is 5.92.